The zero-order valence-electron chi connectivity index (χ0n) is 16.9. The Kier molecular flexibility index (Phi) is 7.85. The molecule has 3 N–H and O–H groups in total. The molecule has 2 aliphatic heterocycles. The van der Waals surface area contributed by atoms with E-state index in [-0.39, 0.29) is 18.1 Å². The summed E-state index contributed by atoms with van der Waals surface area (Å²) in [4.78, 5) is 31.0. The van der Waals surface area contributed by atoms with Crippen LogP contribution in [0.15, 0.2) is 24.3 Å². The van der Waals surface area contributed by atoms with Gasteiger partial charge in [-0.1, -0.05) is 6.07 Å². The minimum atomic E-state index is -0.951. The van der Waals surface area contributed by atoms with Crippen LogP contribution in [0.4, 0.5) is 5.69 Å². The molecule has 3 rings (SSSR count). The van der Waals surface area contributed by atoms with E-state index in [2.05, 4.69) is 20.0 Å². The minimum absolute atomic E-state index is 0.0557. The van der Waals surface area contributed by atoms with Crippen LogP contribution in [0.1, 0.15) is 19.3 Å². The average Bonchev–Trinajstić information content (AvgIpc) is 3.20. The number of carboxylic acids is 1. The monoisotopic (exact) mass is 404 g/mol. The summed E-state index contributed by atoms with van der Waals surface area (Å²) in [6.45, 7) is 8.54. The fraction of sp³-hybridized carbons (Fsp3) is 0.619. The molecule has 8 heteroatoms. The Morgan fingerprint density at radius 1 is 0.966 bits per heavy atom. The highest BCUT2D eigenvalue weighted by Gasteiger charge is 2.26. The maximum absolute atomic E-state index is 12.3. The highest BCUT2D eigenvalue weighted by molar-refractivity contribution is 5.93. The first-order valence-electron chi connectivity index (χ1n) is 10.5. The van der Waals surface area contributed by atoms with Gasteiger partial charge in [-0.15, -0.1) is 0 Å². The zero-order chi connectivity index (χ0) is 20.6. The number of aliphatic carboxylic acids is 1. The minimum Gasteiger partial charge on any atom is -0.508 e. The van der Waals surface area contributed by atoms with Crippen LogP contribution in [0.25, 0.3) is 0 Å². The third-order valence-corrected chi connectivity index (χ3v) is 5.79. The molecule has 1 amide bonds. The van der Waals surface area contributed by atoms with Crippen molar-refractivity contribution in [2.24, 2.45) is 5.92 Å². The molecule has 0 saturated carbocycles. The summed E-state index contributed by atoms with van der Waals surface area (Å²) >= 11 is 0. The second-order valence-corrected chi connectivity index (χ2v) is 8.03. The number of likely N-dealkylation sites (tertiary alicyclic amines) is 1. The zero-order valence-corrected chi connectivity index (χ0v) is 16.9. The smallest absolute Gasteiger partial charge is 0.308 e. The van der Waals surface area contributed by atoms with Crippen molar-refractivity contribution in [2.45, 2.75) is 19.3 Å². The lowest BCUT2D eigenvalue weighted by atomic mass is 10.0. The maximum atomic E-state index is 12.3. The molecule has 0 radical (unpaired) electrons. The van der Waals surface area contributed by atoms with E-state index in [1.54, 1.807) is 12.1 Å². The number of aromatic hydroxyl groups is 1. The largest absolute Gasteiger partial charge is 0.508 e. The van der Waals surface area contributed by atoms with Gasteiger partial charge in [0.1, 0.15) is 5.75 Å². The van der Waals surface area contributed by atoms with Crippen molar-refractivity contribution in [3.63, 3.8) is 0 Å². The Balaban J connectivity index is 1.41. The summed E-state index contributed by atoms with van der Waals surface area (Å²) < 4.78 is 0. The van der Waals surface area contributed by atoms with E-state index in [9.17, 15) is 19.8 Å². The Hall–Kier alpha value is -2.16. The number of benzene rings is 1. The molecule has 2 fully saturated rings. The predicted octanol–water partition coefficient (Wildman–Crippen LogP) is 1.14. The van der Waals surface area contributed by atoms with Gasteiger partial charge in [-0.05, 0) is 38.1 Å². The van der Waals surface area contributed by atoms with Crippen molar-refractivity contribution >= 4 is 17.6 Å². The molecule has 2 aliphatic rings. The van der Waals surface area contributed by atoms with E-state index >= 15 is 0 Å². The molecule has 0 spiro atoms. The predicted molar refractivity (Wildman–Crippen MR) is 111 cm³/mol. The van der Waals surface area contributed by atoms with E-state index in [0.717, 1.165) is 39.3 Å². The standard InChI is InChI=1S/C21H32N4O4/c26-19-5-3-4-18(15-19)22-20(27)14-17(21(28)29)16-25-12-10-24(11-13-25)9-8-23-6-1-2-7-23/h3-5,15,17,26H,1-2,6-14,16H2,(H,22,27)(H,28,29)/t17-/m1/s1. The molecular weight excluding hydrogens is 372 g/mol. The van der Waals surface area contributed by atoms with E-state index in [4.69, 9.17) is 0 Å². The summed E-state index contributed by atoms with van der Waals surface area (Å²) in [5.74, 6) is -2.00. The van der Waals surface area contributed by atoms with Crippen LogP contribution in [0.5, 0.6) is 5.75 Å². The molecule has 0 unspecified atom stereocenters. The van der Waals surface area contributed by atoms with Crippen molar-refractivity contribution < 1.29 is 19.8 Å². The van der Waals surface area contributed by atoms with Crippen LogP contribution in [-0.4, -0.2) is 95.7 Å². The number of amides is 1. The summed E-state index contributed by atoms with van der Waals surface area (Å²) in [6.07, 6.45) is 2.53. The second-order valence-electron chi connectivity index (χ2n) is 8.03. The van der Waals surface area contributed by atoms with Crippen LogP contribution < -0.4 is 5.32 Å². The number of piperazine rings is 1. The molecule has 1 aromatic carbocycles. The first kappa shape index (κ1) is 21.5. The van der Waals surface area contributed by atoms with Gasteiger partial charge >= 0.3 is 5.97 Å². The molecular formula is C21H32N4O4. The van der Waals surface area contributed by atoms with Crippen molar-refractivity contribution in [3.05, 3.63) is 24.3 Å². The van der Waals surface area contributed by atoms with Gasteiger partial charge in [0.2, 0.25) is 5.91 Å². The number of nitrogens with one attached hydrogen (secondary N) is 1. The fourth-order valence-electron chi connectivity index (χ4n) is 4.05. The van der Waals surface area contributed by atoms with Gasteiger partial charge in [-0.2, -0.15) is 0 Å². The van der Waals surface area contributed by atoms with Gasteiger partial charge in [0, 0.05) is 64.0 Å². The van der Waals surface area contributed by atoms with E-state index in [1.165, 1.54) is 38.1 Å². The first-order chi connectivity index (χ1) is 14.0. The lowest BCUT2D eigenvalue weighted by Crippen LogP contribution is -2.50. The number of anilines is 1. The van der Waals surface area contributed by atoms with Crippen LogP contribution >= 0.6 is 0 Å². The number of hydrogen-bond donors (Lipinski definition) is 3. The van der Waals surface area contributed by atoms with Crippen LogP contribution in [0, 0.1) is 5.92 Å². The molecule has 0 bridgehead atoms. The van der Waals surface area contributed by atoms with Crippen molar-refractivity contribution in [3.8, 4) is 5.75 Å². The summed E-state index contributed by atoms with van der Waals surface area (Å²) in [7, 11) is 0. The number of phenols is 1. The Labute approximate surface area is 172 Å². The molecule has 1 atom stereocenters. The molecule has 8 nitrogen and oxygen atoms in total. The van der Waals surface area contributed by atoms with Crippen molar-refractivity contribution in [1.82, 2.24) is 14.7 Å². The summed E-state index contributed by atoms with van der Waals surface area (Å²) in [5.41, 5.74) is 0.464. The molecule has 160 valence electrons. The summed E-state index contributed by atoms with van der Waals surface area (Å²) in [6, 6.07) is 6.24. The van der Waals surface area contributed by atoms with E-state index in [0.29, 0.717) is 12.2 Å². The fourth-order valence-corrected chi connectivity index (χ4v) is 4.05. The molecule has 0 aromatic heterocycles. The molecule has 29 heavy (non-hydrogen) atoms. The Morgan fingerprint density at radius 3 is 2.21 bits per heavy atom. The normalized spacial score (nSPS) is 19.9. The molecule has 0 aliphatic carbocycles. The third kappa shape index (κ3) is 6.99. The van der Waals surface area contributed by atoms with Gasteiger partial charge in [-0.3, -0.25) is 19.4 Å². The van der Waals surface area contributed by atoms with Crippen LogP contribution in [0.2, 0.25) is 0 Å². The maximum Gasteiger partial charge on any atom is 0.308 e. The second kappa shape index (κ2) is 10.6. The number of carboxylic acid groups (broad SMARTS) is 1. The number of nitrogens with zero attached hydrogens (tertiary/aromatic N) is 3. The van der Waals surface area contributed by atoms with E-state index in [1.807, 2.05) is 0 Å². The number of hydrogen-bond acceptors (Lipinski definition) is 6. The average molecular weight is 405 g/mol. The number of phenolic OH excluding ortho intramolecular Hbond substituents is 1. The van der Waals surface area contributed by atoms with Gasteiger partial charge in [0.05, 0.1) is 5.92 Å². The Bertz CT molecular complexity index is 685. The van der Waals surface area contributed by atoms with Crippen molar-refractivity contribution in [2.75, 3.05) is 64.2 Å². The van der Waals surface area contributed by atoms with E-state index < -0.39 is 11.9 Å². The number of carbonyl (C=O) groups excluding carboxylic acids is 1. The van der Waals surface area contributed by atoms with Crippen LogP contribution in [0.3, 0.4) is 0 Å². The molecule has 2 saturated heterocycles. The lowest BCUT2D eigenvalue weighted by molar-refractivity contribution is -0.144. The van der Waals surface area contributed by atoms with Gasteiger partial charge in [-0.25, -0.2) is 0 Å². The quantitative estimate of drug-likeness (QED) is 0.568. The van der Waals surface area contributed by atoms with Gasteiger partial charge < -0.3 is 20.4 Å². The SMILES string of the molecule is O=C(C[C@H](CN1CCN(CCN2CCCC2)CC1)C(=O)O)Nc1cccc(O)c1. The highest BCUT2D eigenvalue weighted by Crippen LogP contribution is 2.17. The van der Waals surface area contributed by atoms with Gasteiger partial charge in [0.15, 0.2) is 0 Å². The topological polar surface area (TPSA) is 96.4 Å². The highest BCUT2D eigenvalue weighted by atomic mass is 16.4. The first-order valence-corrected chi connectivity index (χ1v) is 10.5. The third-order valence-electron chi connectivity index (χ3n) is 5.79. The molecule has 2 heterocycles. The van der Waals surface area contributed by atoms with Crippen LogP contribution in [-0.2, 0) is 9.59 Å². The number of rotatable bonds is 9. The Morgan fingerprint density at radius 2 is 1.59 bits per heavy atom. The molecule has 1 aromatic rings. The lowest BCUT2D eigenvalue weighted by Gasteiger charge is -2.36. The number of carbonyl (C=O) groups is 2. The van der Waals surface area contributed by atoms with Gasteiger partial charge in [0.25, 0.3) is 0 Å². The summed E-state index contributed by atoms with van der Waals surface area (Å²) in [5, 5.41) is 21.7. The van der Waals surface area contributed by atoms with Crippen molar-refractivity contribution in [1.29, 1.82) is 0 Å².